The first kappa shape index (κ1) is 20.4. The summed E-state index contributed by atoms with van der Waals surface area (Å²) in [5.41, 5.74) is 0.892. The Labute approximate surface area is 173 Å². The average Bonchev–Trinajstić information content (AvgIpc) is 3.03. The van der Waals surface area contributed by atoms with Crippen LogP contribution in [0, 0.1) is 0 Å². The molecule has 0 saturated heterocycles. The van der Waals surface area contributed by atoms with Crippen LogP contribution in [0.5, 0.6) is 5.88 Å². The minimum Gasteiger partial charge on any atom is -0.493 e. The largest absolute Gasteiger partial charge is 2.00 e. The van der Waals surface area contributed by atoms with E-state index in [1.807, 2.05) is 29.9 Å². The summed E-state index contributed by atoms with van der Waals surface area (Å²) < 4.78 is 0. The summed E-state index contributed by atoms with van der Waals surface area (Å²) in [6.07, 6.45) is 1.85. The van der Waals surface area contributed by atoms with E-state index < -0.39 is 28.7 Å². The molecule has 2 aromatic rings. The number of nitrogens with zero attached hydrogens (tertiary/aromatic N) is 3. The van der Waals surface area contributed by atoms with Crippen LogP contribution >= 0.6 is 0 Å². The van der Waals surface area contributed by atoms with Gasteiger partial charge in [-0.25, -0.2) is 4.79 Å². The van der Waals surface area contributed by atoms with E-state index in [0.29, 0.717) is 16.7 Å². The Balaban J connectivity index is 0.00000240. The molecule has 2 amide bonds. The molecule has 2 heterocycles. The standard InChI is InChI=1S/C18H15N5O5.Cu/c1-6-4-8-10(21-22-13-14(24)19-18(28)20-15(13)25)5-9-12(11(8)7(6)2)17(27)23(3)16(9)26;/h4-5,7H,1-3H3,(H3,19,20,24,25,28);/q;+2. The first-order valence-electron chi connectivity index (χ1n) is 8.39. The average molecular weight is 445 g/mol. The zero-order chi connectivity index (χ0) is 20.3. The second-order valence-electron chi connectivity index (χ2n) is 6.73. The summed E-state index contributed by atoms with van der Waals surface area (Å²) in [7, 11) is 1.41. The number of rotatable bonds is 2. The quantitative estimate of drug-likeness (QED) is 0.367. The fraction of sp³-hybridized carbons (Fsp3) is 0.222. The van der Waals surface area contributed by atoms with E-state index in [9.17, 15) is 24.3 Å². The fourth-order valence-electron chi connectivity index (χ4n) is 3.47. The van der Waals surface area contributed by atoms with Crippen molar-refractivity contribution in [2.45, 2.75) is 19.8 Å². The molecule has 10 nitrogen and oxygen atoms in total. The number of imide groups is 1. The van der Waals surface area contributed by atoms with E-state index in [4.69, 9.17) is 0 Å². The maximum absolute atomic E-state index is 12.5. The third-order valence-electron chi connectivity index (χ3n) is 5.08. The number of azo groups is 1. The molecule has 151 valence electrons. The van der Waals surface area contributed by atoms with Gasteiger partial charge < -0.3 is 5.11 Å². The van der Waals surface area contributed by atoms with Gasteiger partial charge in [-0.05, 0) is 18.6 Å². The van der Waals surface area contributed by atoms with Crippen molar-refractivity contribution in [3.63, 3.8) is 0 Å². The molecule has 1 atom stereocenters. The monoisotopic (exact) mass is 444 g/mol. The van der Waals surface area contributed by atoms with Crippen molar-refractivity contribution in [3.05, 3.63) is 54.7 Å². The molecule has 0 spiro atoms. The summed E-state index contributed by atoms with van der Waals surface area (Å²) in [6.45, 7) is 3.83. The summed E-state index contributed by atoms with van der Waals surface area (Å²) in [5, 5.41) is 17.5. The van der Waals surface area contributed by atoms with Crippen LogP contribution in [0.4, 0.5) is 11.4 Å². The number of carbonyl (C=O) groups excluding carboxylic acids is 2. The molecule has 1 aliphatic heterocycles. The Morgan fingerprint density at radius 3 is 2.45 bits per heavy atom. The van der Waals surface area contributed by atoms with Crippen LogP contribution in [0.3, 0.4) is 0 Å². The Morgan fingerprint density at radius 2 is 1.79 bits per heavy atom. The molecule has 1 radical (unpaired) electrons. The van der Waals surface area contributed by atoms with Gasteiger partial charge in [-0.2, -0.15) is 0 Å². The summed E-state index contributed by atoms with van der Waals surface area (Å²) in [5.74, 6) is -1.63. The van der Waals surface area contributed by atoms with Gasteiger partial charge in [-0.15, -0.1) is 10.2 Å². The van der Waals surface area contributed by atoms with Crippen LogP contribution in [0.15, 0.2) is 31.5 Å². The topological polar surface area (TPSA) is 148 Å². The Hall–Kier alpha value is -3.30. The second kappa shape index (κ2) is 6.94. The molecule has 1 aromatic carbocycles. The van der Waals surface area contributed by atoms with Crippen molar-refractivity contribution < 1.29 is 31.8 Å². The third-order valence-corrected chi connectivity index (χ3v) is 5.08. The molecule has 0 saturated carbocycles. The molecule has 4 rings (SSSR count). The summed E-state index contributed by atoms with van der Waals surface area (Å²) >= 11 is 0. The Morgan fingerprint density at radius 1 is 1.10 bits per heavy atom. The first-order valence-corrected chi connectivity index (χ1v) is 8.39. The summed E-state index contributed by atoms with van der Waals surface area (Å²) in [4.78, 5) is 53.0. The van der Waals surface area contributed by atoms with Gasteiger partial charge >= 0.3 is 22.8 Å². The number of aromatic nitrogens is 2. The normalized spacial score (nSPS) is 17.4. The van der Waals surface area contributed by atoms with E-state index in [1.165, 1.54) is 13.1 Å². The number of nitrogens with one attached hydrogen (secondary N) is 2. The van der Waals surface area contributed by atoms with Crippen LogP contribution in [-0.2, 0) is 17.1 Å². The smallest absolute Gasteiger partial charge is 0.493 e. The van der Waals surface area contributed by atoms with Gasteiger partial charge in [-0.3, -0.25) is 29.3 Å². The Bertz CT molecular complexity index is 1260. The Kier molecular flexibility index (Phi) is 4.89. The maximum Gasteiger partial charge on any atom is 2.00 e. The van der Waals surface area contributed by atoms with E-state index >= 15 is 0 Å². The number of aromatic amines is 2. The van der Waals surface area contributed by atoms with Gasteiger partial charge in [0.05, 0.1) is 16.8 Å². The van der Waals surface area contributed by atoms with Crippen LogP contribution in [-0.4, -0.2) is 38.8 Å². The first-order chi connectivity index (χ1) is 13.2. The van der Waals surface area contributed by atoms with Gasteiger partial charge in [0.25, 0.3) is 17.4 Å². The number of allylic oxidation sites excluding steroid dienone is 1. The number of hydrogen-bond donors (Lipinski definition) is 3. The van der Waals surface area contributed by atoms with Crippen molar-refractivity contribution in [1.82, 2.24) is 14.9 Å². The number of aromatic hydroxyl groups is 1. The van der Waals surface area contributed by atoms with E-state index in [2.05, 4.69) is 10.2 Å². The van der Waals surface area contributed by atoms with Crippen LogP contribution in [0.25, 0.3) is 6.08 Å². The van der Waals surface area contributed by atoms with Crippen molar-refractivity contribution in [2.24, 2.45) is 10.2 Å². The van der Waals surface area contributed by atoms with Gasteiger partial charge in [0.2, 0.25) is 11.6 Å². The van der Waals surface area contributed by atoms with Gasteiger partial charge in [0, 0.05) is 18.5 Å². The number of fused-ring (bicyclic) bond motifs is 3. The predicted octanol–water partition coefficient (Wildman–Crippen LogP) is 1.93. The minimum atomic E-state index is -0.908. The van der Waals surface area contributed by atoms with Crippen molar-refractivity contribution in [2.75, 3.05) is 7.05 Å². The van der Waals surface area contributed by atoms with Crippen molar-refractivity contribution in [3.8, 4) is 5.88 Å². The predicted molar refractivity (Wildman–Crippen MR) is 98.5 cm³/mol. The van der Waals surface area contributed by atoms with Crippen LogP contribution in [0.2, 0.25) is 0 Å². The van der Waals surface area contributed by atoms with E-state index in [1.54, 1.807) is 0 Å². The number of benzene rings is 1. The second-order valence-corrected chi connectivity index (χ2v) is 6.73. The van der Waals surface area contributed by atoms with Gasteiger partial charge in [-0.1, -0.05) is 18.6 Å². The molecular formula is C18H15CuN5O5+2. The molecule has 0 bridgehead atoms. The fourth-order valence-corrected chi connectivity index (χ4v) is 3.47. The molecule has 11 heteroatoms. The van der Waals surface area contributed by atoms with Crippen molar-refractivity contribution >= 4 is 29.3 Å². The summed E-state index contributed by atoms with van der Waals surface area (Å²) in [6, 6.07) is 1.44. The number of carbonyl (C=O) groups is 2. The molecule has 3 N–H and O–H groups in total. The molecule has 1 aliphatic carbocycles. The van der Waals surface area contributed by atoms with E-state index in [-0.39, 0.29) is 40.1 Å². The SMILES string of the molecule is CC1=Cc2c(N=Nc3c(O)[nH]c(=O)[nH]c3=O)cc3c(c2C1C)C(=O)N(C)C3=O.[Cu+2]. The molecular weight excluding hydrogens is 430 g/mol. The van der Waals surface area contributed by atoms with Crippen LogP contribution < -0.4 is 11.2 Å². The number of H-pyrrole nitrogens is 2. The minimum absolute atomic E-state index is 0. The van der Waals surface area contributed by atoms with Gasteiger partial charge in [0.15, 0.2) is 0 Å². The number of hydrogen-bond acceptors (Lipinski definition) is 7. The van der Waals surface area contributed by atoms with Crippen molar-refractivity contribution in [1.29, 1.82) is 0 Å². The molecule has 0 fully saturated rings. The molecule has 2 aliphatic rings. The maximum atomic E-state index is 12.5. The zero-order valence-corrected chi connectivity index (χ0v) is 16.4. The number of amides is 2. The van der Waals surface area contributed by atoms with Crippen LogP contribution in [0.1, 0.15) is 51.6 Å². The molecule has 1 unspecified atom stereocenters. The van der Waals surface area contributed by atoms with E-state index in [0.717, 1.165) is 10.5 Å². The van der Waals surface area contributed by atoms with Gasteiger partial charge in [0.1, 0.15) is 0 Å². The molecule has 1 aromatic heterocycles. The molecule has 29 heavy (non-hydrogen) atoms. The third kappa shape index (κ3) is 2.95. The zero-order valence-electron chi connectivity index (χ0n) is 15.5.